The van der Waals surface area contributed by atoms with Crippen LogP contribution in [0, 0.1) is 0 Å². The van der Waals surface area contributed by atoms with Crippen LogP contribution in [-0.4, -0.2) is 63.3 Å². The van der Waals surface area contributed by atoms with Crippen LogP contribution in [0.5, 0.6) is 11.5 Å². The Bertz CT molecular complexity index is 1210. The second-order valence-corrected chi connectivity index (χ2v) is 7.73. The van der Waals surface area contributed by atoms with Gasteiger partial charge in [-0.15, -0.1) is 0 Å². The number of hydrogen-bond acceptors (Lipinski definition) is 7. The number of ether oxygens (including phenoxy) is 2. The minimum Gasteiger partial charge on any atom is -0.492 e. The smallest absolute Gasteiger partial charge is 0.350 e. The minimum atomic E-state index is -0.204. The van der Waals surface area contributed by atoms with E-state index >= 15 is 0 Å². The van der Waals surface area contributed by atoms with E-state index in [1.807, 2.05) is 21.9 Å². The number of amides is 1. The number of piperidine rings is 1. The molecule has 3 aromatic rings. The summed E-state index contributed by atoms with van der Waals surface area (Å²) in [5.74, 6) is 1.35. The molecular weight excluding hydrogens is 400 g/mol. The van der Waals surface area contributed by atoms with Gasteiger partial charge in [0, 0.05) is 44.3 Å². The maximum atomic E-state index is 13.1. The van der Waals surface area contributed by atoms with Gasteiger partial charge in [0.1, 0.15) is 12.2 Å². The number of methoxy groups -OCH3 is 1. The van der Waals surface area contributed by atoms with Crippen LogP contribution in [0.15, 0.2) is 29.3 Å². The number of hydrogen-bond donors (Lipinski definition) is 0. The fourth-order valence-corrected chi connectivity index (χ4v) is 4.24. The SMILES string of the molecule is COc1c(C(=O)N2CCCCC2)cnc2c1OCCN2c1ccn2c(=O)n(C)nc2c1. The predicted molar refractivity (Wildman–Crippen MR) is 113 cm³/mol. The molecule has 10 nitrogen and oxygen atoms in total. The fraction of sp³-hybridized carbons (Fsp3) is 0.429. The van der Waals surface area contributed by atoms with Gasteiger partial charge in [-0.2, -0.15) is 5.10 Å². The van der Waals surface area contributed by atoms with Crippen molar-refractivity contribution in [3.63, 3.8) is 0 Å². The number of pyridine rings is 2. The van der Waals surface area contributed by atoms with Gasteiger partial charge in [-0.25, -0.2) is 14.5 Å². The summed E-state index contributed by atoms with van der Waals surface area (Å²) in [7, 11) is 3.16. The normalized spacial score (nSPS) is 16.2. The number of aryl methyl sites for hydroxylation is 1. The van der Waals surface area contributed by atoms with E-state index in [2.05, 4.69) is 10.1 Å². The lowest BCUT2D eigenvalue weighted by molar-refractivity contribution is 0.0719. The molecule has 162 valence electrons. The number of nitrogens with zero attached hydrogens (tertiary/aromatic N) is 6. The van der Waals surface area contributed by atoms with Gasteiger partial charge in [-0.1, -0.05) is 0 Å². The average Bonchev–Trinajstić information content (AvgIpc) is 3.10. The molecular formula is C21H24N6O4. The summed E-state index contributed by atoms with van der Waals surface area (Å²) in [6.07, 6.45) is 6.43. The second-order valence-electron chi connectivity index (χ2n) is 7.73. The number of rotatable bonds is 3. The van der Waals surface area contributed by atoms with E-state index < -0.39 is 0 Å². The Morgan fingerprint density at radius 1 is 1.19 bits per heavy atom. The second kappa shape index (κ2) is 7.60. The third-order valence-corrected chi connectivity index (χ3v) is 5.83. The topological polar surface area (TPSA) is 94.2 Å². The summed E-state index contributed by atoms with van der Waals surface area (Å²) in [4.78, 5) is 33.6. The standard InChI is InChI=1S/C21H24N6O4/c1-24-21(29)27-9-6-14(12-16(27)23-24)26-10-11-31-18-17(30-2)15(13-22-19(18)26)20(28)25-7-4-3-5-8-25/h6,9,12-13H,3-5,7-8,10-11H2,1-2H3. The Balaban J connectivity index is 1.55. The maximum Gasteiger partial charge on any atom is 0.350 e. The number of likely N-dealkylation sites (tertiary alicyclic amines) is 1. The van der Waals surface area contributed by atoms with Crippen LogP contribution >= 0.6 is 0 Å². The van der Waals surface area contributed by atoms with Crippen LogP contribution in [0.25, 0.3) is 5.65 Å². The quantitative estimate of drug-likeness (QED) is 0.630. The maximum absolute atomic E-state index is 13.1. The molecule has 5 rings (SSSR count). The van der Waals surface area contributed by atoms with Gasteiger partial charge in [-0.05, 0) is 25.3 Å². The van der Waals surface area contributed by atoms with Gasteiger partial charge in [0.25, 0.3) is 5.91 Å². The van der Waals surface area contributed by atoms with Crippen molar-refractivity contribution in [2.24, 2.45) is 7.05 Å². The Labute approximate surface area is 178 Å². The van der Waals surface area contributed by atoms with E-state index in [0.29, 0.717) is 41.7 Å². The van der Waals surface area contributed by atoms with Crippen molar-refractivity contribution in [3.05, 3.63) is 40.6 Å². The average molecular weight is 424 g/mol. The van der Waals surface area contributed by atoms with Crippen molar-refractivity contribution in [2.45, 2.75) is 19.3 Å². The van der Waals surface area contributed by atoms with Crippen molar-refractivity contribution >= 4 is 23.1 Å². The molecule has 0 atom stereocenters. The molecule has 10 heteroatoms. The van der Waals surface area contributed by atoms with Crippen LogP contribution in [-0.2, 0) is 7.05 Å². The number of carbonyl (C=O) groups is 1. The van der Waals surface area contributed by atoms with E-state index in [9.17, 15) is 9.59 Å². The molecule has 0 spiro atoms. The lowest BCUT2D eigenvalue weighted by atomic mass is 10.1. The summed E-state index contributed by atoms with van der Waals surface area (Å²) in [6, 6.07) is 3.67. The van der Waals surface area contributed by atoms with Crippen molar-refractivity contribution in [3.8, 4) is 11.5 Å². The fourth-order valence-electron chi connectivity index (χ4n) is 4.24. The lowest BCUT2D eigenvalue weighted by Crippen LogP contribution is -2.36. The number of anilines is 2. The van der Waals surface area contributed by atoms with Crippen LogP contribution in [0.4, 0.5) is 11.5 Å². The van der Waals surface area contributed by atoms with Crippen molar-refractivity contribution in [2.75, 3.05) is 38.3 Å². The number of carbonyl (C=O) groups excluding carboxylic acids is 1. The molecule has 2 aliphatic heterocycles. The first-order valence-corrected chi connectivity index (χ1v) is 10.4. The zero-order chi connectivity index (χ0) is 21.5. The number of fused-ring (bicyclic) bond motifs is 2. The highest BCUT2D eigenvalue weighted by molar-refractivity contribution is 5.98. The molecule has 1 saturated heterocycles. The largest absolute Gasteiger partial charge is 0.492 e. The van der Waals surface area contributed by atoms with Crippen LogP contribution in [0.2, 0.25) is 0 Å². The van der Waals surface area contributed by atoms with Crippen molar-refractivity contribution in [1.29, 1.82) is 0 Å². The number of aromatic nitrogens is 4. The molecule has 3 aromatic heterocycles. The van der Waals surface area contributed by atoms with E-state index in [-0.39, 0.29) is 11.6 Å². The van der Waals surface area contributed by atoms with E-state index in [1.54, 1.807) is 19.4 Å². The van der Waals surface area contributed by atoms with E-state index in [4.69, 9.17) is 9.47 Å². The van der Waals surface area contributed by atoms with Gasteiger partial charge in [0.2, 0.25) is 5.75 Å². The minimum absolute atomic E-state index is 0.0816. The summed E-state index contributed by atoms with van der Waals surface area (Å²) >= 11 is 0. The zero-order valence-corrected chi connectivity index (χ0v) is 17.6. The Morgan fingerprint density at radius 2 is 2.00 bits per heavy atom. The van der Waals surface area contributed by atoms with Gasteiger partial charge >= 0.3 is 5.69 Å². The zero-order valence-electron chi connectivity index (χ0n) is 17.6. The van der Waals surface area contributed by atoms with Gasteiger partial charge in [0.15, 0.2) is 17.2 Å². The summed E-state index contributed by atoms with van der Waals surface area (Å²) in [5, 5.41) is 4.26. The molecule has 0 aromatic carbocycles. The molecule has 0 radical (unpaired) electrons. The van der Waals surface area contributed by atoms with E-state index in [0.717, 1.165) is 38.0 Å². The molecule has 2 aliphatic rings. The molecule has 31 heavy (non-hydrogen) atoms. The van der Waals surface area contributed by atoms with Gasteiger partial charge < -0.3 is 19.3 Å². The first kappa shape index (κ1) is 19.4. The highest BCUT2D eigenvalue weighted by Gasteiger charge is 2.31. The van der Waals surface area contributed by atoms with Crippen molar-refractivity contribution in [1.82, 2.24) is 24.1 Å². The summed E-state index contributed by atoms with van der Waals surface area (Å²) in [6.45, 7) is 2.47. The third-order valence-electron chi connectivity index (χ3n) is 5.83. The van der Waals surface area contributed by atoms with E-state index in [1.165, 1.54) is 16.2 Å². The Kier molecular flexibility index (Phi) is 4.76. The van der Waals surface area contributed by atoms with Crippen molar-refractivity contribution < 1.29 is 14.3 Å². The highest BCUT2D eigenvalue weighted by Crippen LogP contribution is 2.43. The molecule has 0 saturated carbocycles. The Hall–Kier alpha value is -3.56. The predicted octanol–water partition coefficient (Wildman–Crippen LogP) is 1.59. The lowest BCUT2D eigenvalue weighted by Gasteiger charge is -2.32. The molecule has 0 bridgehead atoms. The first-order valence-electron chi connectivity index (χ1n) is 10.4. The summed E-state index contributed by atoms with van der Waals surface area (Å²) in [5.41, 5.74) is 1.58. The molecule has 1 fully saturated rings. The molecule has 1 amide bonds. The molecule has 5 heterocycles. The Morgan fingerprint density at radius 3 is 2.77 bits per heavy atom. The summed E-state index contributed by atoms with van der Waals surface area (Å²) < 4.78 is 14.3. The van der Waals surface area contributed by atoms with Crippen LogP contribution in [0.1, 0.15) is 29.6 Å². The first-order chi connectivity index (χ1) is 15.1. The molecule has 0 aliphatic carbocycles. The monoisotopic (exact) mass is 424 g/mol. The highest BCUT2D eigenvalue weighted by atomic mass is 16.5. The van der Waals surface area contributed by atoms with Crippen LogP contribution < -0.4 is 20.1 Å². The van der Waals surface area contributed by atoms with Gasteiger partial charge in [0.05, 0.1) is 13.7 Å². The molecule has 0 N–H and O–H groups in total. The molecule has 0 unspecified atom stereocenters. The van der Waals surface area contributed by atoms with Crippen LogP contribution in [0.3, 0.4) is 0 Å². The third kappa shape index (κ3) is 3.18. The van der Waals surface area contributed by atoms with Gasteiger partial charge in [-0.3, -0.25) is 9.20 Å².